The average molecular weight is 346 g/mol. The van der Waals surface area contributed by atoms with E-state index in [0.717, 1.165) is 45.4 Å². The zero-order valence-electron chi connectivity index (χ0n) is 15.0. The fraction of sp³-hybridized carbons (Fsp3) is 0.765. The third-order valence-corrected chi connectivity index (χ3v) is 5.01. The van der Waals surface area contributed by atoms with Crippen LogP contribution in [0.2, 0.25) is 0 Å². The lowest BCUT2D eigenvalue weighted by atomic mass is 9.98. The van der Waals surface area contributed by atoms with E-state index in [1.165, 1.54) is 0 Å². The molecule has 8 nitrogen and oxygen atoms in total. The summed E-state index contributed by atoms with van der Waals surface area (Å²) in [6.45, 7) is 8.14. The van der Waals surface area contributed by atoms with E-state index in [1.54, 1.807) is 6.92 Å². The maximum atomic E-state index is 12.4. The molecule has 1 atom stereocenters. The Labute approximate surface area is 148 Å². The highest BCUT2D eigenvalue weighted by atomic mass is 16.5. The Morgan fingerprint density at radius 1 is 1.36 bits per heavy atom. The molecule has 136 valence electrons. The predicted molar refractivity (Wildman–Crippen MR) is 90.3 cm³/mol. The number of nitrogens with zero attached hydrogens (tertiary/aromatic N) is 5. The summed E-state index contributed by atoms with van der Waals surface area (Å²) in [7, 11) is 0. The summed E-state index contributed by atoms with van der Waals surface area (Å²) in [5.41, 5.74) is -0.717. The van der Waals surface area contributed by atoms with E-state index in [0.29, 0.717) is 30.7 Å². The van der Waals surface area contributed by atoms with E-state index in [9.17, 15) is 10.1 Å². The van der Waals surface area contributed by atoms with Gasteiger partial charge in [-0.3, -0.25) is 14.6 Å². The van der Waals surface area contributed by atoms with Gasteiger partial charge in [-0.2, -0.15) is 10.2 Å². The van der Waals surface area contributed by atoms with Crippen LogP contribution in [0, 0.1) is 24.2 Å². The fourth-order valence-corrected chi connectivity index (χ4v) is 3.36. The largest absolute Gasteiger partial charge is 0.340 e. The molecule has 1 amide bonds. The van der Waals surface area contributed by atoms with Crippen molar-refractivity contribution in [3.63, 3.8) is 0 Å². The number of carbonyl (C=O) groups excluding carboxylic acids is 1. The number of carbonyl (C=O) groups is 1. The number of amides is 1. The van der Waals surface area contributed by atoms with Gasteiger partial charge in [0.1, 0.15) is 5.54 Å². The summed E-state index contributed by atoms with van der Waals surface area (Å²) in [5, 5.41) is 16.3. The van der Waals surface area contributed by atoms with Gasteiger partial charge in [-0.15, -0.1) is 0 Å². The summed E-state index contributed by atoms with van der Waals surface area (Å²) in [6.07, 6.45) is 3.04. The molecule has 1 unspecified atom stereocenters. The number of nitrogens with one attached hydrogen (secondary N) is 1. The smallest absolute Gasteiger partial charge is 0.235 e. The third kappa shape index (κ3) is 4.77. The van der Waals surface area contributed by atoms with Gasteiger partial charge in [0.2, 0.25) is 11.8 Å². The van der Waals surface area contributed by atoms with Gasteiger partial charge in [0.05, 0.1) is 19.2 Å². The molecule has 2 fully saturated rings. The summed E-state index contributed by atoms with van der Waals surface area (Å²) < 4.78 is 5.01. The predicted octanol–water partition coefficient (Wildman–Crippen LogP) is 0.694. The highest BCUT2D eigenvalue weighted by Gasteiger charge is 2.43. The number of nitriles is 1. The SMILES string of the molecule is Cc1nc(CN2CCCN(CC(=O)NC(C)(C#N)C3CC3)CC2)no1. The molecule has 2 aliphatic rings. The second-order valence-electron chi connectivity index (χ2n) is 7.27. The lowest BCUT2D eigenvalue weighted by molar-refractivity contribution is -0.123. The molecule has 1 aliphatic heterocycles. The summed E-state index contributed by atoms with van der Waals surface area (Å²) in [6, 6.07) is 2.28. The van der Waals surface area contributed by atoms with Crippen LogP contribution in [-0.2, 0) is 11.3 Å². The lowest BCUT2D eigenvalue weighted by Gasteiger charge is -2.26. The molecule has 25 heavy (non-hydrogen) atoms. The highest BCUT2D eigenvalue weighted by Crippen LogP contribution is 2.39. The van der Waals surface area contributed by atoms with Gasteiger partial charge in [0, 0.05) is 20.0 Å². The van der Waals surface area contributed by atoms with Crippen molar-refractivity contribution in [1.29, 1.82) is 5.26 Å². The Hall–Kier alpha value is -1.98. The minimum atomic E-state index is -0.717. The molecule has 2 heterocycles. The van der Waals surface area contributed by atoms with Crippen molar-refractivity contribution in [3.8, 4) is 6.07 Å². The van der Waals surface area contributed by atoms with Gasteiger partial charge in [-0.05, 0) is 45.2 Å². The van der Waals surface area contributed by atoms with E-state index in [1.807, 2.05) is 6.92 Å². The van der Waals surface area contributed by atoms with Gasteiger partial charge < -0.3 is 9.84 Å². The van der Waals surface area contributed by atoms with Crippen LogP contribution in [0.3, 0.4) is 0 Å². The topological polar surface area (TPSA) is 98.3 Å². The number of hydrogen-bond donors (Lipinski definition) is 1. The van der Waals surface area contributed by atoms with E-state index in [2.05, 4.69) is 31.3 Å². The maximum Gasteiger partial charge on any atom is 0.235 e. The van der Waals surface area contributed by atoms with Crippen molar-refractivity contribution >= 4 is 5.91 Å². The Morgan fingerprint density at radius 2 is 2.08 bits per heavy atom. The number of aromatic nitrogens is 2. The number of rotatable bonds is 6. The van der Waals surface area contributed by atoms with Crippen molar-refractivity contribution in [2.24, 2.45) is 5.92 Å². The molecule has 0 radical (unpaired) electrons. The molecule has 8 heteroatoms. The van der Waals surface area contributed by atoms with E-state index in [-0.39, 0.29) is 5.91 Å². The van der Waals surface area contributed by atoms with Crippen molar-refractivity contribution in [2.75, 3.05) is 32.7 Å². The molecule has 1 aromatic rings. The second-order valence-corrected chi connectivity index (χ2v) is 7.27. The average Bonchev–Trinajstić information content (AvgIpc) is 3.37. The minimum absolute atomic E-state index is 0.0572. The Morgan fingerprint density at radius 3 is 2.72 bits per heavy atom. The molecule has 0 bridgehead atoms. The minimum Gasteiger partial charge on any atom is -0.340 e. The van der Waals surface area contributed by atoms with Gasteiger partial charge >= 0.3 is 0 Å². The molecular weight excluding hydrogens is 320 g/mol. The number of hydrogen-bond acceptors (Lipinski definition) is 7. The van der Waals surface area contributed by atoms with Crippen LogP contribution in [-0.4, -0.2) is 64.1 Å². The zero-order chi connectivity index (χ0) is 17.9. The Kier molecular flexibility index (Phi) is 5.35. The molecule has 0 spiro atoms. The van der Waals surface area contributed by atoms with Crippen molar-refractivity contribution in [1.82, 2.24) is 25.3 Å². The normalized spacial score (nSPS) is 22.0. The van der Waals surface area contributed by atoms with Crippen molar-refractivity contribution in [3.05, 3.63) is 11.7 Å². The summed E-state index contributed by atoms with van der Waals surface area (Å²) in [4.78, 5) is 21.0. The molecular formula is C17H26N6O2. The molecule has 1 N–H and O–H groups in total. The molecule has 1 aliphatic carbocycles. The first-order valence-corrected chi connectivity index (χ1v) is 8.94. The molecule has 1 aromatic heterocycles. The Balaban J connectivity index is 1.46. The van der Waals surface area contributed by atoms with Crippen LogP contribution >= 0.6 is 0 Å². The number of aryl methyl sites for hydroxylation is 1. The standard InChI is InChI=1S/C17H26N6O2/c1-13-19-15(21-25-13)10-22-6-3-7-23(9-8-22)11-16(24)20-17(2,12-18)14-4-5-14/h14H,3-11H2,1-2H3,(H,20,24). The molecule has 3 rings (SSSR count). The van der Waals surface area contributed by atoms with Crippen molar-refractivity contribution in [2.45, 2.75) is 45.2 Å². The summed E-state index contributed by atoms with van der Waals surface area (Å²) >= 11 is 0. The first-order valence-electron chi connectivity index (χ1n) is 8.94. The first kappa shape index (κ1) is 17.8. The second kappa shape index (κ2) is 7.50. The molecule has 1 saturated carbocycles. The lowest BCUT2D eigenvalue weighted by Crippen LogP contribution is -2.50. The van der Waals surface area contributed by atoms with Crippen LogP contribution in [0.5, 0.6) is 0 Å². The molecule has 1 saturated heterocycles. The van der Waals surface area contributed by atoms with Crippen molar-refractivity contribution < 1.29 is 9.32 Å². The van der Waals surface area contributed by atoms with Gasteiger partial charge in [-0.1, -0.05) is 5.16 Å². The van der Waals surface area contributed by atoms with E-state index < -0.39 is 5.54 Å². The quantitative estimate of drug-likeness (QED) is 0.809. The third-order valence-electron chi connectivity index (χ3n) is 5.01. The first-order chi connectivity index (χ1) is 12.0. The Bertz CT molecular complexity index is 650. The van der Waals surface area contributed by atoms with Crippen LogP contribution < -0.4 is 5.32 Å². The monoisotopic (exact) mass is 346 g/mol. The van der Waals surface area contributed by atoms with Gasteiger partial charge in [0.25, 0.3) is 0 Å². The van der Waals surface area contributed by atoms with Gasteiger partial charge in [0.15, 0.2) is 5.82 Å². The van der Waals surface area contributed by atoms with E-state index >= 15 is 0 Å². The maximum absolute atomic E-state index is 12.4. The summed E-state index contributed by atoms with van der Waals surface area (Å²) in [5.74, 6) is 1.54. The van der Waals surface area contributed by atoms with E-state index in [4.69, 9.17) is 4.52 Å². The van der Waals surface area contributed by atoms with Crippen LogP contribution in [0.25, 0.3) is 0 Å². The van der Waals surface area contributed by atoms with Crippen LogP contribution in [0.4, 0.5) is 0 Å². The highest BCUT2D eigenvalue weighted by molar-refractivity contribution is 5.79. The molecule has 0 aromatic carbocycles. The van der Waals surface area contributed by atoms with Crippen LogP contribution in [0.15, 0.2) is 4.52 Å². The fourth-order valence-electron chi connectivity index (χ4n) is 3.36. The zero-order valence-corrected chi connectivity index (χ0v) is 15.0. The van der Waals surface area contributed by atoms with Crippen LogP contribution in [0.1, 0.15) is 37.9 Å². The van der Waals surface area contributed by atoms with Gasteiger partial charge in [-0.25, -0.2) is 0 Å².